The molecule has 0 amide bonds. The lowest BCUT2D eigenvalue weighted by atomic mass is 10.2. The molecule has 2 rings (SSSR count). The van der Waals surface area contributed by atoms with Gasteiger partial charge in [-0.3, -0.25) is 4.98 Å². The summed E-state index contributed by atoms with van der Waals surface area (Å²) in [7, 11) is 0. The second-order valence-corrected chi connectivity index (χ2v) is 3.03. The van der Waals surface area contributed by atoms with Crippen molar-refractivity contribution in [3.63, 3.8) is 0 Å². The molecule has 0 aliphatic carbocycles. The predicted molar refractivity (Wildman–Crippen MR) is 53.4 cm³/mol. The van der Waals surface area contributed by atoms with Crippen molar-refractivity contribution in [1.29, 1.82) is 0 Å². The molecule has 0 aliphatic heterocycles. The molecular weight excluding hydrogens is 176 g/mol. The molecule has 2 aromatic heterocycles. The highest BCUT2D eigenvalue weighted by molar-refractivity contribution is 5.55. The fourth-order valence-electron chi connectivity index (χ4n) is 1.26. The van der Waals surface area contributed by atoms with Crippen molar-refractivity contribution in [3.8, 4) is 11.3 Å². The van der Waals surface area contributed by atoms with E-state index in [-0.39, 0.29) is 0 Å². The minimum atomic E-state index is 0.765. The van der Waals surface area contributed by atoms with Crippen LogP contribution in [0.4, 0.5) is 0 Å². The molecule has 0 unspecified atom stereocenters. The summed E-state index contributed by atoms with van der Waals surface area (Å²) in [6.07, 6.45) is 5.17. The van der Waals surface area contributed by atoms with Crippen LogP contribution < -0.4 is 0 Å². The zero-order valence-electron chi connectivity index (χ0n) is 7.81. The number of hydrogen-bond acceptors (Lipinski definition) is 3. The molecule has 0 atom stereocenters. The minimum absolute atomic E-state index is 0.765. The fraction of sp³-hybridized carbons (Fsp3) is 0.182. The van der Waals surface area contributed by atoms with Crippen LogP contribution in [0.5, 0.6) is 0 Å². The van der Waals surface area contributed by atoms with Crippen LogP contribution in [0.15, 0.2) is 35.1 Å². The summed E-state index contributed by atoms with van der Waals surface area (Å²) in [5.41, 5.74) is 1.90. The standard InChI is InChI=1S/C11H11N2O/c1-2-4-10-7-11(14-13-10)9-5-3-6-12-8-9/h3,5-8H,1-2,4H2. The van der Waals surface area contributed by atoms with Crippen molar-refractivity contribution >= 4 is 0 Å². The van der Waals surface area contributed by atoms with Gasteiger partial charge in [-0.2, -0.15) is 0 Å². The molecule has 1 radical (unpaired) electrons. The average Bonchev–Trinajstić information content (AvgIpc) is 2.68. The number of aryl methyl sites for hydroxylation is 1. The van der Waals surface area contributed by atoms with E-state index in [1.165, 1.54) is 0 Å². The smallest absolute Gasteiger partial charge is 0.168 e. The van der Waals surface area contributed by atoms with Crippen molar-refractivity contribution in [1.82, 2.24) is 10.1 Å². The SMILES string of the molecule is [CH2]CCc1cc(-c2cccnc2)on1. The number of hydrogen-bond donors (Lipinski definition) is 0. The lowest BCUT2D eigenvalue weighted by molar-refractivity contribution is 0.423. The molecule has 0 saturated heterocycles. The zero-order chi connectivity index (χ0) is 9.80. The van der Waals surface area contributed by atoms with Gasteiger partial charge in [-0.05, 0) is 25.0 Å². The topological polar surface area (TPSA) is 38.9 Å². The molecule has 0 aromatic carbocycles. The van der Waals surface area contributed by atoms with Gasteiger partial charge in [0.15, 0.2) is 5.76 Å². The highest BCUT2D eigenvalue weighted by Crippen LogP contribution is 2.19. The van der Waals surface area contributed by atoms with Crippen molar-refractivity contribution in [3.05, 3.63) is 43.2 Å². The van der Waals surface area contributed by atoms with Gasteiger partial charge in [0.25, 0.3) is 0 Å². The fourth-order valence-corrected chi connectivity index (χ4v) is 1.26. The van der Waals surface area contributed by atoms with E-state index in [1.54, 1.807) is 12.4 Å². The molecule has 14 heavy (non-hydrogen) atoms. The maximum Gasteiger partial charge on any atom is 0.168 e. The third-order valence-corrected chi connectivity index (χ3v) is 1.94. The first kappa shape index (κ1) is 8.94. The minimum Gasteiger partial charge on any atom is -0.356 e. The van der Waals surface area contributed by atoms with Gasteiger partial charge < -0.3 is 4.52 Å². The predicted octanol–water partition coefficient (Wildman–Crippen LogP) is 2.50. The third-order valence-electron chi connectivity index (χ3n) is 1.94. The van der Waals surface area contributed by atoms with Crippen molar-refractivity contribution in [2.75, 3.05) is 0 Å². The molecule has 0 saturated carbocycles. The second kappa shape index (κ2) is 4.05. The molecule has 0 spiro atoms. The second-order valence-electron chi connectivity index (χ2n) is 3.03. The molecule has 0 fully saturated rings. The molecular formula is C11H11N2O. The Balaban J connectivity index is 2.25. The highest BCUT2D eigenvalue weighted by Gasteiger charge is 2.05. The number of nitrogens with zero attached hydrogens (tertiary/aromatic N) is 2. The maximum atomic E-state index is 5.19. The van der Waals surface area contributed by atoms with Crippen LogP contribution in [0.2, 0.25) is 0 Å². The highest BCUT2D eigenvalue weighted by atomic mass is 16.5. The quantitative estimate of drug-likeness (QED) is 0.741. The van der Waals surface area contributed by atoms with Crippen molar-refractivity contribution < 1.29 is 4.52 Å². The monoisotopic (exact) mass is 187 g/mol. The summed E-state index contributed by atoms with van der Waals surface area (Å²) < 4.78 is 5.19. The van der Waals surface area contributed by atoms with Crippen LogP contribution in [0.3, 0.4) is 0 Å². The first-order valence-electron chi connectivity index (χ1n) is 4.55. The van der Waals surface area contributed by atoms with Crippen LogP contribution in [0, 0.1) is 6.92 Å². The first-order chi connectivity index (χ1) is 6.90. The molecule has 0 bridgehead atoms. The Morgan fingerprint density at radius 3 is 3.07 bits per heavy atom. The van der Waals surface area contributed by atoms with Gasteiger partial charge in [0.05, 0.1) is 5.69 Å². The Bertz CT molecular complexity index is 395. The van der Waals surface area contributed by atoms with Crippen LogP contribution >= 0.6 is 0 Å². The summed E-state index contributed by atoms with van der Waals surface area (Å²) in [6, 6.07) is 5.75. The third kappa shape index (κ3) is 1.82. The van der Waals surface area contributed by atoms with Crippen LogP contribution in [-0.4, -0.2) is 10.1 Å². The number of rotatable bonds is 3. The van der Waals surface area contributed by atoms with Gasteiger partial charge in [-0.1, -0.05) is 12.1 Å². The molecule has 2 aromatic rings. The van der Waals surface area contributed by atoms with Crippen LogP contribution in [0.1, 0.15) is 12.1 Å². The van der Waals surface area contributed by atoms with E-state index >= 15 is 0 Å². The summed E-state index contributed by atoms with van der Waals surface area (Å²) in [5.74, 6) is 0.765. The average molecular weight is 187 g/mol. The number of pyridine rings is 1. The lowest BCUT2D eigenvalue weighted by Crippen LogP contribution is -1.79. The van der Waals surface area contributed by atoms with Crippen LogP contribution in [0.25, 0.3) is 11.3 Å². The molecule has 3 nitrogen and oxygen atoms in total. The van der Waals surface area contributed by atoms with E-state index in [0.717, 1.165) is 29.9 Å². The van der Waals surface area contributed by atoms with Crippen LogP contribution in [-0.2, 0) is 6.42 Å². The van der Waals surface area contributed by atoms with Gasteiger partial charge in [0.1, 0.15) is 0 Å². The Kier molecular flexibility index (Phi) is 2.58. The van der Waals surface area contributed by atoms with E-state index in [1.807, 2.05) is 18.2 Å². The maximum absolute atomic E-state index is 5.19. The van der Waals surface area contributed by atoms with Gasteiger partial charge in [0, 0.05) is 24.0 Å². The van der Waals surface area contributed by atoms with Crippen molar-refractivity contribution in [2.45, 2.75) is 12.8 Å². The number of aromatic nitrogens is 2. The van der Waals surface area contributed by atoms with E-state index in [2.05, 4.69) is 17.1 Å². The van der Waals surface area contributed by atoms with Gasteiger partial charge in [-0.25, -0.2) is 0 Å². The lowest BCUT2D eigenvalue weighted by Gasteiger charge is -1.90. The summed E-state index contributed by atoms with van der Waals surface area (Å²) in [6.45, 7) is 3.77. The molecule has 0 aliphatic rings. The van der Waals surface area contributed by atoms with Gasteiger partial charge >= 0.3 is 0 Å². The summed E-state index contributed by atoms with van der Waals surface area (Å²) in [5, 5.41) is 3.94. The van der Waals surface area contributed by atoms with E-state index in [4.69, 9.17) is 4.52 Å². The first-order valence-corrected chi connectivity index (χ1v) is 4.55. The Morgan fingerprint density at radius 1 is 1.43 bits per heavy atom. The zero-order valence-corrected chi connectivity index (χ0v) is 7.81. The summed E-state index contributed by atoms with van der Waals surface area (Å²) >= 11 is 0. The molecule has 71 valence electrons. The van der Waals surface area contributed by atoms with E-state index in [9.17, 15) is 0 Å². The van der Waals surface area contributed by atoms with Gasteiger partial charge in [-0.15, -0.1) is 0 Å². The molecule has 0 N–H and O–H groups in total. The van der Waals surface area contributed by atoms with E-state index < -0.39 is 0 Å². The molecule has 3 heteroatoms. The Hall–Kier alpha value is -1.64. The normalized spacial score (nSPS) is 10.4. The van der Waals surface area contributed by atoms with Crippen molar-refractivity contribution in [2.24, 2.45) is 0 Å². The summed E-state index contributed by atoms with van der Waals surface area (Å²) in [4.78, 5) is 4.02. The van der Waals surface area contributed by atoms with E-state index in [0.29, 0.717) is 0 Å². The Labute approximate surface area is 82.8 Å². The molecule has 2 heterocycles. The van der Waals surface area contributed by atoms with Gasteiger partial charge in [0.2, 0.25) is 0 Å². The largest absolute Gasteiger partial charge is 0.356 e. The Morgan fingerprint density at radius 2 is 2.36 bits per heavy atom.